The third kappa shape index (κ3) is 4.84. The number of carbonyl (C=O) groups is 2. The molecule has 5 aliphatic rings. The van der Waals surface area contributed by atoms with Gasteiger partial charge < -0.3 is 23.7 Å². The third-order valence-corrected chi connectivity index (χ3v) is 6.68. The molecule has 0 N–H and O–H groups in total. The lowest BCUT2D eigenvalue weighted by Gasteiger charge is -2.60. The molecule has 4 aliphatic carbocycles. The molecule has 7 heteroatoms. The van der Waals surface area contributed by atoms with Gasteiger partial charge in [-0.3, -0.25) is 0 Å². The normalized spacial score (nSPS) is 37.9. The Bertz CT molecular complexity index is 638. The molecule has 4 bridgehead atoms. The Labute approximate surface area is 172 Å². The summed E-state index contributed by atoms with van der Waals surface area (Å²) >= 11 is 0. The van der Waals surface area contributed by atoms with Gasteiger partial charge in [-0.25, -0.2) is 9.59 Å². The highest BCUT2D eigenvalue weighted by atomic mass is 16.7. The quantitative estimate of drug-likeness (QED) is 0.264. The van der Waals surface area contributed by atoms with E-state index in [2.05, 4.69) is 6.58 Å². The fourth-order valence-electron chi connectivity index (χ4n) is 5.94. The van der Waals surface area contributed by atoms with Crippen molar-refractivity contribution < 1.29 is 33.3 Å². The molecule has 0 aromatic carbocycles. The first-order valence-electron chi connectivity index (χ1n) is 10.8. The molecule has 5 rings (SSSR count). The number of ether oxygens (including phenoxy) is 5. The van der Waals surface area contributed by atoms with Crippen LogP contribution in [0.3, 0.4) is 0 Å². The van der Waals surface area contributed by atoms with Crippen LogP contribution in [0, 0.1) is 11.8 Å². The molecule has 0 amide bonds. The van der Waals surface area contributed by atoms with Crippen molar-refractivity contribution in [3.63, 3.8) is 0 Å². The lowest BCUT2D eigenvalue weighted by atomic mass is 9.52. The van der Waals surface area contributed by atoms with E-state index in [-0.39, 0.29) is 25.0 Å². The molecule has 0 aromatic rings. The number of carbonyl (C=O) groups excluding carboxylic acids is 2. The van der Waals surface area contributed by atoms with Crippen molar-refractivity contribution >= 4 is 11.9 Å². The zero-order valence-corrected chi connectivity index (χ0v) is 17.3. The van der Waals surface area contributed by atoms with E-state index in [1.165, 1.54) is 6.42 Å². The largest absolute Gasteiger partial charge is 0.456 e. The van der Waals surface area contributed by atoms with Crippen LogP contribution in [-0.2, 0) is 33.3 Å². The van der Waals surface area contributed by atoms with Gasteiger partial charge in [0.15, 0.2) is 0 Å². The zero-order valence-electron chi connectivity index (χ0n) is 17.3. The SMILES string of the molecule is C=C(C)C(=O)OC12CC3CC(CC(OCOCC(=O)OC4CCCCO4)(C3)C1)C2. The number of rotatable bonds is 8. The number of esters is 2. The van der Waals surface area contributed by atoms with E-state index in [0.29, 0.717) is 30.4 Å². The predicted molar refractivity (Wildman–Crippen MR) is 103 cm³/mol. The van der Waals surface area contributed by atoms with Gasteiger partial charge in [0.25, 0.3) is 0 Å². The van der Waals surface area contributed by atoms with Crippen LogP contribution in [0.4, 0.5) is 0 Å². The molecular weight excluding hydrogens is 376 g/mol. The first kappa shape index (κ1) is 20.8. The summed E-state index contributed by atoms with van der Waals surface area (Å²) in [6.45, 7) is 5.90. The lowest BCUT2D eigenvalue weighted by Crippen LogP contribution is -2.61. The summed E-state index contributed by atoms with van der Waals surface area (Å²) in [5.74, 6) is 0.258. The maximum absolute atomic E-state index is 12.2. The van der Waals surface area contributed by atoms with E-state index in [4.69, 9.17) is 23.7 Å². The van der Waals surface area contributed by atoms with Gasteiger partial charge in [-0.1, -0.05) is 6.58 Å². The van der Waals surface area contributed by atoms with Crippen LogP contribution in [0.5, 0.6) is 0 Å². The average Bonchev–Trinajstić information content (AvgIpc) is 2.64. The lowest BCUT2D eigenvalue weighted by molar-refractivity contribution is -0.254. The summed E-state index contributed by atoms with van der Waals surface area (Å²) in [5.41, 5.74) is -0.354. The Kier molecular flexibility index (Phi) is 6.00. The molecule has 1 aliphatic heterocycles. The fraction of sp³-hybridized carbons (Fsp3) is 0.818. The van der Waals surface area contributed by atoms with Gasteiger partial charge >= 0.3 is 11.9 Å². The summed E-state index contributed by atoms with van der Waals surface area (Å²) in [6, 6.07) is 0. The highest BCUT2D eigenvalue weighted by molar-refractivity contribution is 5.87. The molecule has 5 fully saturated rings. The van der Waals surface area contributed by atoms with Crippen molar-refractivity contribution in [1.82, 2.24) is 0 Å². The average molecular weight is 408 g/mol. The molecular formula is C22H32O7. The van der Waals surface area contributed by atoms with Gasteiger partial charge in [-0.2, -0.15) is 0 Å². The number of hydrogen-bond acceptors (Lipinski definition) is 7. The summed E-state index contributed by atoms with van der Waals surface area (Å²) in [4.78, 5) is 24.1. The highest BCUT2D eigenvalue weighted by Crippen LogP contribution is 2.60. The maximum Gasteiger partial charge on any atom is 0.334 e. The Morgan fingerprint density at radius 1 is 1.10 bits per heavy atom. The van der Waals surface area contributed by atoms with Crippen molar-refractivity contribution in [1.29, 1.82) is 0 Å². The van der Waals surface area contributed by atoms with E-state index in [0.717, 1.165) is 44.9 Å². The molecule has 7 nitrogen and oxygen atoms in total. The van der Waals surface area contributed by atoms with Crippen LogP contribution in [-0.4, -0.2) is 49.4 Å². The molecule has 29 heavy (non-hydrogen) atoms. The van der Waals surface area contributed by atoms with E-state index >= 15 is 0 Å². The standard InChI is InChI=1S/C22H32O7/c1-15(2)20(24)29-22-10-16-7-17(11-22)9-21(8-16,13-22)27-14-25-12-18(23)28-19-5-3-4-6-26-19/h16-17,19H,1,3-14H2,2H3. The van der Waals surface area contributed by atoms with Crippen molar-refractivity contribution in [3.05, 3.63) is 12.2 Å². The van der Waals surface area contributed by atoms with E-state index in [9.17, 15) is 9.59 Å². The number of hydrogen-bond donors (Lipinski definition) is 0. The molecule has 4 saturated carbocycles. The molecule has 162 valence electrons. The monoisotopic (exact) mass is 408 g/mol. The van der Waals surface area contributed by atoms with Gasteiger partial charge in [0.2, 0.25) is 6.29 Å². The summed E-state index contributed by atoms with van der Waals surface area (Å²) in [5, 5.41) is 0. The van der Waals surface area contributed by atoms with E-state index in [1.54, 1.807) is 6.92 Å². The van der Waals surface area contributed by atoms with Gasteiger partial charge in [0, 0.05) is 18.4 Å². The predicted octanol–water partition coefficient (Wildman–Crippen LogP) is 3.26. The third-order valence-electron chi connectivity index (χ3n) is 6.68. The molecule has 0 radical (unpaired) electrons. The van der Waals surface area contributed by atoms with Crippen molar-refractivity contribution in [2.24, 2.45) is 11.8 Å². The minimum absolute atomic E-state index is 0.0323. The molecule has 3 atom stereocenters. The Morgan fingerprint density at radius 2 is 1.83 bits per heavy atom. The van der Waals surface area contributed by atoms with Crippen LogP contribution in [0.15, 0.2) is 12.2 Å². The highest BCUT2D eigenvalue weighted by Gasteiger charge is 2.60. The molecule has 0 spiro atoms. The summed E-state index contributed by atoms with van der Waals surface area (Å²) < 4.78 is 28.2. The molecule has 3 unspecified atom stereocenters. The van der Waals surface area contributed by atoms with Crippen LogP contribution in [0.1, 0.15) is 64.7 Å². The van der Waals surface area contributed by atoms with Gasteiger partial charge in [0.05, 0.1) is 12.2 Å². The van der Waals surface area contributed by atoms with Gasteiger partial charge in [-0.15, -0.1) is 0 Å². The van der Waals surface area contributed by atoms with Crippen LogP contribution >= 0.6 is 0 Å². The first-order valence-corrected chi connectivity index (χ1v) is 10.8. The van der Waals surface area contributed by atoms with Crippen molar-refractivity contribution in [3.8, 4) is 0 Å². The summed E-state index contributed by atoms with van der Waals surface area (Å²) in [7, 11) is 0. The minimum atomic E-state index is -0.452. The molecule has 0 aromatic heterocycles. The second-order valence-corrected chi connectivity index (χ2v) is 9.39. The first-order chi connectivity index (χ1) is 13.9. The summed E-state index contributed by atoms with van der Waals surface area (Å²) in [6.07, 6.45) is 7.88. The Hall–Kier alpha value is -1.44. The Balaban J connectivity index is 1.27. The molecule has 1 heterocycles. The van der Waals surface area contributed by atoms with E-state index in [1.807, 2.05) is 0 Å². The maximum atomic E-state index is 12.2. The van der Waals surface area contributed by atoms with Crippen LogP contribution < -0.4 is 0 Å². The molecule has 1 saturated heterocycles. The minimum Gasteiger partial charge on any atom is -0.456 e. The zero-order chi connectivity index (χ0) is 20.5. The van der Waals surface area contributed by atoms with Crippen LogP contribution in [0.2, 0.25) is 0 Å². The topological polar surface area (TPSA) is 80.3 Å². The van der Waals surface area contributed by atoms with Crippen LogP contribution in [0.25, 0.3) is 0 Å². The fourth-order valence-corrected chi connectivity index (χ4v) is 5.94. The second-order valence-electron chi connectivity index (χ2n) is 9.39. The van der Waals surface area contributed by atoms with Crippen molar-refractivity contribution in [2.45, 2.75) is 82.2 Å². The van der Waals surface area contributed by atoms with E-state index < -0.39 is 17.9 Å². The van der Waals surface area contributed by atoms with Gasteiger partial charge in [-0.05, 0) is 63.7 Å². The Morgan fingerprint density at radius 3 is 2.48 bits per heavy atom. The second kappa shape index (κ2) is 8.36. The van der Waals surface area contributed by atoms with Gasteiger partial charge in [0.1, 0.15) is 19.0 Å². The smallest absolute Gasteiger partial charge is 0.334 e. The van der Waals surface area contributed by atoms with Crippen molar-refractivity contribution in [2.75, 3.05) is 20.0 Å².